The van der Waals surface area contributed by atoms with Crippen LogP contribution in [-0.4, -0.2) is 12.5 Å². The van der Waals surface area contributed by atoms with Gasteiger partial charge in [-0.15, -0.1) is 0 Å². The first kappa shape index (κ1) is 31.8. The van der Waals surface area contributed by atoms with E-state index in [2.05, 4.69) is 17.0 Å². The first-order valence-corrected chi connectivity index (χ1v) is 16.3. The van der Waals surface area contributed by atoms with Crippen LogP contribution in [0.15, 0.2) is 59.6 Å². The number of aromatic nitrogens is 1. The number of amides is 1. The summed E-state index contributed by atoms with van der Waals surface area (Å²) in [7, 11) is 0. The van der Waals surface area contributed by atoms with E-state index in [-0.39, 0.29) is 17.5 Å². The summed E-state index contributed by atoms with van der Waals surface area (Å²) in [5.41, 5.74) is 4.80. The van der Waals surface area contributed by atoms with Gasteiger partial charge in [-0.2, -0.15) is 4.57 Å². The highest BCUT2D eigenvalue weighted by molar-refractivity contribution is 7.07. The lowest BCUT2D eigenvalue weighted by Crippen LogP contribution is -2.31. The fourth-order valence-corrected chi connectivity index (χ4v) is 5.52. The number of benzene rings is 2. The van der Waals surface area contributed by atoms with Crippen LogP contribution < -0.4 is 14.2 Å². The fraction of sp³-hybridized carbons (Fsp3) is 0.529. The summed E-state index contributed by atoms with van der Waals surface area (Å²) in [6.45, 7) is 5.75. The van der Waals surface area contributed by atoms with E-state index in [1.807, 2.05) is 48.8 Å². The second kappa shape index (κ2) is 18.6. The number of anilines is 1. The molecule has 1 amide bonds. The van der Waals surface area contributed by atoms with Gasteiger partial charge in [0.2, 0.25) is 11.4 Å². The lowest BCUT2D eigenvalue weighted by Gasteiger charge is -2.23. The molecule has 0 aliphatic rings. The molecule has 0 aliphatic heterocycles. The first-order valence-electron chi connectivity index (χ1n) is 15.3. The molecule has 0 fully saturated rings. The Balaban J connectivity index is 1.39. The smallest absolute Gasteiger partial charge is 0.227 e. The minimum atomic E-state index is -0.372. The van der Waals surface area contributed by atoms with E-state index in [9.17, 15) is 9.18 Å². The molecule has 1 aromatic heterocycles. The maximum atomic E-state index is 14.8. The van der Waals surface area contributed by atoms with Gasteiger partial charge in [-0.3, -0.25) is 4.79 Å². The summed E-state index contributed by atoms with van der Waals surface area (Å²) in [4.78, 5) is 14.5. The minimum absolute atomic E-state index is 0.00710. The van der Waals surface area contributed by atoms with E-state index in [1.54, 1.807) is 22.3 Å². The maximum absolute atomic E-state index is 14.8. The third-order valence-electron chi connectivity index (χ3n) is 7.34. The highest BCUT2D eigenvalue weighted by atomic mass is 32.1. The van der Waals surface area contributed by atoms with Crippen molar-refractivity contribution >= 4 is 22.9 Å². The number of carbonyl (C=O) groups is 1. The number of thiazole rings is 1. The summed E-state index contributed by atoms with van der Waals surface area (Å²) in [5, 5.41) is 2.05. The zero-order valence-corrected chi connectivity index (χ0v) is 25.4. The summed E-state index contributed by atoms with van der Waals surface area (Å²) in [6.07, 6.45) is 17.9. The molecular weight excluding hydrogens is 519 g/mol. The van der Waals surface area contributed by atoms with Gasteiger partial charge in [0.25, 0.3) is 0 Å². The Kier molecular flexibility index (Phi) is 14.8. The van der Waals surface area contributed by atoms with Crippen LogP contribution in [0.1, 0.15) is 108 Å². The molecule has 0 atom stereocenters. The molecule has 0 saturated carbocycles. The Morgan fingerprint density at radius 1 is 0.850 bits per heavy atom. The second-order valence-electron chi connectivity index (χ2n) is 10.7. The van der Waals surface area contributed by atoms with Crippen LogP contribution in [0.2, 0.25) is 0 Å². The van der Waals surface area contributed by atoms with Gasteiger partial charge in [-0.05, 0) is 36.2 Å². The van der Waals surface area contributed by atoms with Crippen LogP contribution in [0.5, 0.6) is 5.75 Å². The topological polar surface area (TPSA) is 33.4 Å². The highest BCUT2D eigenvalue weighted by Crippen LogP contribution is 2.24. The van der Waals surface area contributed by atoms with Crippen molar-refractivity contribution in [3.8, 4) is 5.75 Å². The Labute approximate surface area is 245 Å². The molecule has 1 heterocycles. The monoisotopic (exact) mass is 567 g/mol. The Morgan fingerprint density at radius 2 is 1.48 bits per heavy atom. The van der Waals surface area contributed by atoms with Gasteiger partial charge in [-0.25, -0.2) is 4.39 Å². The van der Waals surface area contributed by atoms with Crippen LogP contribution in [-0.2, 0) is 17.9 Å². The van der Waals surface area contributed by atoms with Gasteiger partial charge in [0.1, 0.15) is 0 Å². The molecule has 0 saturated heterocycles. The van der Waals surface area contributed by atoms with Gasteiger partial charge < -0.3 is 9.64 Å². The SMILES string of the molecule is CCCCCCCCCCCCCCOc1ccc(CN(C(=O)CC)c2ccc(C[n+]3ccsc3)cc2)cc1F. The maximum Gasteiger partial charge on any atom is 0.227 e. The van der Waals surface area contributed by atoms with Gasteiger partial charge in [0.15, 0.2) is 24.3 Å². The third kappa shape index (κ3) is 11.4. The normalized spacial score (nSPS) is 11.1. The molecule has 0 N–H and O–H groups in total. The zero-order chi connectivity index (χ0) is 28.4. The molecule has 6 heteroatoms. The molecule has 0 radical (unpaired) electrons. The van der Waals surface area contributed by atoms with Crippen molar-refractivity contribution in [2.75, 3.05) is 11.5 Å². The largest absolute Gasteiger partial charge is 0.491 e. The number of halogens is 1. The van der Waals surface area contributed by atoms with E-state index < -0.39 is 0 Å². The van der Waals surface area contributed by atoms with Crippen LogP contribution in [0, 0.1) is 5.82 Å². The number of carbonyl (C=O) groups excluding carboxylic acids is 1. The van der Waals surface area contributed by atoms with Crippen LogP contribution >= 0.6 is 11.3 Å². The summed E-state index contributed by atoms with van der Waals surface area (Å²) >= 11 is 1.66. The summed E-state index contributed by atoms with van der Waals surface area (Å²) in [5.74, 6) is -0.0772. The lowest BCUT2D eigenvalue weighted by molar-refractivity contribution is -0.683. The van der Waals surface area contributed by atoms with E-state index in [4.69, 9.17) is 4.74 Å². The Hall–Kier alpha value is -2.73. The number of rotatable bonds is 20. The number of unbranched alkanes of at least 4 members (excludes halogenated alkanes) is 11. The first-order chi connectivity index (χ1) is 19.6. The van der Waals surface area contributed by atoms with Gasteiger partial charge >= 0.3 is 0 Å². The van der Waals surface area contributed by atoms with Crippen LogP contribution in [0.4, 0.5) is 10.1 Å². The molecule has 218 valence electrons. The molecular formula is C34H48FN2O2S+. The zero-order valence-electron chi connectivity index (χ0n) is 24.6. The molecule has 40 heavy (non-hydrogen) atoms. The number of hydrogen-bond acceptors (Lipinski definition) is 3. The molecule has 0 bridgehead atoms. The van der Waals surface area contributed by atoms with Gasteiger partial charge in [0.05, 0.1) is 18.5 Å². The van der Waals surface area contributed by atoms with Crippen molar-refractivity contribution < 1.29 is 18.5 Å². The van der Waals surface area contributed by atoms with Gasteiger partial charge in [0, 0.05) is 17.7 Å². The van der Waals surface area contributed by atoms with E-state index in [0.29, 0.717) is 19.6 Å². The third-order valence-corrected chi connectivity index (χ3v) is 8.01. The molecule has 3 rings (SSSR count). The predicted molar refractivity (Wildman–Crippen MR) is 165 cm³/mol. The average molecular weight is 568 g/mol. The second-order valence-corrected chi connectivity index (χ2v) is 11.5. The van der Waals surface area contributed by atoms with Crippen molar-refractivity contribution in [3.05, 3.63) is 76.5 Å². The Morgan fingerprint density at radius 3 is 2.05 bits per heavy atom. The summed E-state index contributed by atoms with van der Waals surface area (Å²) in [6, 6.07) is 13.1. The molecule has 0 aliphatic carbocycles. The van der Waals surface area contributed by atoms with Crippen molar-refractivity contribution in [2.24, 2.45) is 0 Å². The lowest BCUT2D eigenvalue weighted by atomic mass is 10.1. The highest BCUT2D eigenvalue weighted by Gasteiger charge is 2.16. The molecule has 3 aromatic rings. The summed E-state index contributed by atoms with van der Waals surface area (Å²) < 4.78 is 22.7. The predicted octanol–water partition coefficient (Wildman–Crippen LogP) is 9.25. The molecule has 0 unspecified atom stereocenters. The quantitative estimate of drug-likeness (QED) is 0.101. The standard InChI is InChI=1S/C34H48FN2O2S/c1-3-5-6-7-8-9-10-11-12-13-14-15-23-39-33-21-18-30(25-32(33)35)27-37(34(38)4-2)31-19-16-29(17-20-31)26-36-22-24-40-28-36/h16-22,24-25,28H,3-15,23,26-27H2,1-2H3/q+1. The minimum Gasteiger partial charge on any atom is -0.491 e. The molecule has 0 spiro atoms. The molecule has 2 aromatic carbocycles. The van der Waals surface area contributed by atoms with Crippen molar-refractivity contribution in [1.82, 2.24) is 0 Å². The number of hydrogen-bond donors (Lipinski definition) is 0. The molecule has 4 nitrogen and oxygen atoms in total. The Bertz CT molecular complexity index is 1100. The average Bonchev–Trinajstić information content (AvgIpc) is 3.48. The van der Waals surface area contributed by atoms with Crippen molar-refractivity contribution in [2.45, 2.75) is 110 Å². The van der Waals surface area contributed by atoms with Crippen molar-refractivity contribution in [3.63, 3.8) is 0 Å². The van der Waals surface area contributed by atoms with E-state index in [1.165, 1.54) is 70.3 Å². The van der Waals surface area contributed by atoms with Crippen molar-refractivity contribution in [1.29, 1.82) is 0 Å². The van der Waals surface area contributed by atoms with Crippen LogP contribution in [0.3, 0.4) is 0 Å². The fourth-order valence-electron chi connectivity index (χ4n) is 4.93. The van der Waals surface area contributed by atoms with Gasteiger partial charge in [-0.1, -0.05) is 114 Å². The number of nitrogens with zero attached hydrogens (tertiary/aromatic N) is 2. The number of ether oxygens (including phenoxy) is 1. The van der Waals surface area contributed by atoms with E-state index in [0.717, 1.165) is 36.2 Å². The van der Waals surface area contributed by atoms with E-state index >= 15 is 0 Å². The van der Waals surface area contributed by atoms with Crippen LogP contribution in [0.25, 0.3) is 0 Å².